The molecule has 0 bridgehead atoms. The Morgan fingerprint density at radius 1 is 1.21 bits per heavy atom. The largest absolute Gasteiger partial charge is 0.496 e. The van der Waals surface area contributed by atoms with E-state index in [1.807, 2.05) is 12.3 Å². The number of aliphatic hydroxyl groups is 1. The van der Waals surface area contributed by atoms with E-state index in [1.54, 1.807) is 20.3 Å². The Morgan fingerprint density at radius 2 is 1.79 bits per heavy atom. The highest BCUT2D eigenvalue weighted by Gasteiger charge is 2.12. The van der Waals surface area contributed by atoms with Gasteiger partial charge in [0.1, 0.15) is 11.5 Å². The van der Waals surface area contributed by atoms with Crippen LogP contribution in [0, 0.1) is 0 Å². The van der Waals surface area contributed by atoms with Crippen molar-refractivity contribution in [3.8, 4) is 11.5 Å². The van der Waals surface area contributed by atoms with Crippen LogP contribution in [0.15, 0.2) is 17.0 Å². The Hall–Kier alpha value is -0.870. The van der Waals surface area contributed by atoms with E-state index in [0.717, 1.165) is 16.2 Å². The Balaban J connectivity index is 3.28. The first-order valence-electron chi connectivity index (χ1n) is 4.17. The van der Waals surface area contributed by atoms with Crippen molar-refractivity contribution < 1.29 is 14.6 Å². The van der Waals surface area contributed by atoms with Crippen LogP contribution in [0.5, 0.6) is 11.5 Å². The first kappa shape index (κ1) is 11.2. The lowest BCUT2D eigenvalue weighted by Gasteiger charge is -2.13. The Labute approximate surface area is 88.0 Å². The Kier molecular flexibility index (Phi) is 4.10. The lowest BCUT2D eigenvalue weighted by atomic mass is 10.2. The van der Waals surface area contributed by atoms with Gasteiger partial charge in [-0.25, -0.2) is 0 Å². The number of aliphatic hydroxyl groups excluding tert-OH is 1. The molecule has 1 rings (SSSR count). The minimum Gasteiger partial charge on any atom is -0.496 e. The van der Waals surface area contributed by atoms with E-state index in [1.165, 1.54) is 11.8 Å². The van der Waals surface area contributed by atoms with E-state index in [0.29, 0.717) is 5.75 Å². The summed E-state index contributed by atoms with van der Waals surface area (Å²) in [5.41, 5.74) is 0.777. The SMILES string of the molecule is COc1ccc(OC)c(SC)c1CO. The molecule has 3 nitrogen and oxygen atoms in total. The fraction of sp³-hybridized carbons (Fsp3) is 0.400. The predicted octanol–water partition coefficient (Wildman–Crippen LogP) is 1.92. The fourth-order valence-electron chi connectivity index (χ4n) is 1.31. The molecule has 0 unspecified atom stereocenters. The first-order valence-corrected chi connectivity index (χ1v) is 5.39. The van der Waals surface area contributed by atoms with Gasteiger partial charge < -0.3 is 14.6 Å². The summed E-state index contributed by atoms with van der Waals surface area (Å²) < 4.78 is 10.3. The molecule has 0 aliphatic carbocycles. The molecule has 0 radical (unpaired) electrons. The van der Waals surface area contributed by atoms with Gasteiger partial charge in [-0.15, -0.1) is 11.8 Å². The molecular formula is C10H14O3S. The maximum atomic E-state index is 9.23. The number of hydrogen-bond donors (Lipinski definition) is 1. The number of methoxy groups -OCH3 is 2. The molecule has 0 fully saturated rings. The molecule has 78 valence electrons. The number of benzene rings is 1. The van der Waals surface area contributed by atoms with Gasteiger partial charge in [-0.2, -0.15) is 0 Å². The van der Waals surface area contributed by atoms with E-state index in [2.05, 4.69) is 0 Å². The van der Waals surface area contributed by atoms with Gasteiger partial charge >= 0.3 is 0 Å². The molecule has 1 N–H and O–H groups in total. The van der Waals surface area contributed by atoms with Gasteiger partial charge in [0.15, 0.2) is 0 Å². The van der Waals surface area contributed by atoms with Crippen molar-refractivity contribution >= 4 is 11.8 Å². The van der Waals surface area contributed by atoms with Crippen LogP contribution in [0.1, 0.15) is 5.56 Å². The molecule has 0 amide bonds. The summed E-state index contributed by atoms with van der Waals surface area (Å²) in [5, 5.41) is 9.23. The molecule has 14 heavy (non-hydrogen) atoms. The number of thioether (sulfide) groups is 1. The summed E-state index contributed by atoms with van der Waals surface area (Å²) in [6.45, 7) is -0.0451. The molecule has 0 saturated heterocycles. The van der Waals surface area contributed by atoms with Crippen LogP contribution in [0.3, 0.4) is 0 Å². The highest BCUT2D eigenvalue weighted by atomic mass is 32.2. The lowest BCUT2D eigenvalue weighted by molar-refractivity contribution is 0.268. The smallest absolute Gasteiger partial charge is 0.133 e. The second kappa shape index (κ2) is 5.12. The molecular weight excluding hydrogens is 200 g/mol. The molecule has 1 aromatic carbocycles. The highest BCUT2D eigenvalue weighted by Crippen LogP contribution is 2.36. The minimum absolute atomic E-state index is 0.0451. The maximum absolute atomic E-state index is 9.23. The van der Waals surface area contributed by atoms with E-state index in [-0.39, 0.29) is 6.61 Å². The van der Waals surface area contributed by atoms with Crippen LogP contribution in [0.25, 0.3) is 0 Å². The predicted molar refractivity (Wildman–Crippen MR) is 57.2 cm³/mol. The van der Waals surface area contributed by atoms with Crippen LogP contribution in [-0.2, 0) is 6.61 Å². The lowest BCUT2D eigenvalue weighted by Crippen LogP contribution is -1.97. The first-order chi connectivity index (χ1) is 6.78. The van der Waals surface area contributed by atoms with Crippen molar-refractivity contribution in [3.05, 3.63) is 17.7 Å². The third kappa shape index (κ3) is 1.96. The second-order valence-corrected chi connectivity index (χ2v) is 3.46. The van der Waals surface area contributed by atoms with Crippen molar-refractivity contribution in [1.82, 2.24) is 0 Å². The van der Waals surface area contributed by atoms with Crippen LogP contribution in [0.2, 0.25) is 0 Å². The van der Waals surface area contributed by atoms with Gasteiger partial charge in [0, 0.05) is 5.56 Å². The molecule has 0 spiro atoms. The van der Waals surface area contributed by atoms with Crippen LogP contribution < -0.4 is 9.47 Å². The van der Waals surface area contributed by atoms with Gasteiger partial charge in [0.05, 0.1) is 25.7 Å². The van der Waals surface area contributed by atoms with Crippen molar-refractivity contribution in [3.63, 3.8) is 0 Å². The number of ether oxygens (including phenoxy) is 2. The fourth-order valence-corrected chi connectivity index (χ4v) is 2.08. The van der Waals surface area contributed by atoms with Crippen LogP contribution in [-0.4, -0.2) is 25.6 Å². The summed E-state index contributed by atoms with van der Waals surface area (Å²) >= 11 is 1.54. The number of rotatable bonds is 4. The van der Waals surface area contributed by atoms with Crippen molar-refractivity contribution in [1.29, 1.82) is 0 Å². The van der Waals surface area contributed by atoms with Gasteiger partial charge in [-0.3, -0.25) is 0 Å². The average Bonchev–Trinajstić information content (AvgIpc) is 2.26. The summed E-state index contributed by atoms with van der Waals surface area (Å²) in [7, 11) is 3.20. The van der Waals surface area contributed by atoms with Crippen LogP contribution in [0.4, 0.5) is 0 Å². The summed E-state index contributed by atoms with van der Waals surface area (Å²) in [6.07, 6.45) is 1.94. The standard InChI is InChI=1S/C10H14O3S/c1-12-8-4-5-9(13-2)10(14-3)7(8)6-11/h4-5,11H,6H2,1-3H3. The molecule has 4 heteroatoms. The number of hydrogen-bond acceptors (Lipinski definition) is 4. The van der Waals surface area contributed by atoms with E-state index < -0.39 is 0 Å². The minimum atomic E-state index is -0.0451. The summed E-state index contributed by atoms with van der Waals surface area (Å²) in [6, 6.07) is 3.63. The van der Waals surface area contributed by atoms with Crippen molar-refractivity contribution in [2.24, 2.45) is 0 Å². The van der Waals surface area contributed by atoms with E-state index in [4.69, 9.17) is 9.47 Å². The molecule has 0 aliphatic rings. The normalized spacial score (nSPS) is 10.0. The zero-order chi connectivity index (χ0) is 10.6. The zero-order valence-electron chi connectivity index (χ0n) is 8.53. The van der Waals surface area contributed by atoms with Crippen molar-refractivity contribution in [2.45, 2.75) is 11.5 Å². The highest BCUT2D eigenvalue weighted by molar-refractivity contribution is 7.98. The molecule has 0 saturated carbocycles. The van der Waals surface area contributed by atoms with Crippen molar-refractivity contribution in [2.75, 3.05) is 20.5 Å². The Bertz CT molecular complexity index is 281. The topological polar surface area (TPSA) is 38.7 Å². The monoisotopic (exact) mass is 214 g/mol. The third-order valence-electron chi connectivity index (χ3n) is 1.98. The molecule has 0 atom stereocenters. The van der Waals surface area contributed by atoms with Gasteiger partial charge in [0.2, 0.25) is 0 Å². The average molecular weight is 214 g/mol. The second-order valence-electron chi connectivity index (χ2n) is 2.64. The summed E-state index contributed by atoms with van der Waals surface area (Å²) in [5.74, 6) is 1.46. The molecule has 1 aromatic rings. The van der Waals surface area contributed by atoms with Gasteiger partial charge in [-0.1, -0.05) is 0 Å². The van der Waals surface area contributed by atoms with Gasteiger partial charge in [0.25, 0.3) is 0 Å². The quantitative estimate of drug-likeness (QED) is 0.777. The molecule has 0 aliphatic heterocycles. The molecule has 0 aromatic heterocycles. The van der Waals surface area contributed by atoms with Crippen LogP contribution >= 0.6 is 11.8 Å². The van der Waals surface area contributed by atoms with E-state index in [9.17, 15) is 5.11 Å². The third-order valence-corrected chi connectivity index (χ3v) is 2.84. The van der Waals surface area contributed by atoms with E-state index >= 15 is 0 Å². The Morgan fingerprint density at radius 3 is 2.21 bits per heavy atom. The zero-order valence-corrected chi connectivity index (χ0v) is 9.35. The van der Waals surface area contributed by atoms with Gasteiger partial charge in [-0.05, 0) is 18.4 Å². The maximum Gasteiger partial charge on any atom is 0.133 e. The summed E-state index contributed by atoms with van der Waals surface area (Å²) in [4.78, 5) is 0.925. The molecule has 0 heterocycles.